The number of hydrogen-bond acceptors (Lipinski definition) is 3. The Morgan fingerprint density at radius 1 is 1.65 bits per heavy atom. The summed E-state index contributed by atoms with van der Waals surface area (Å²) in [6.07, 6.45) is 3.52. The van der Waals surface area contributed by atoms with E-state index in [1.807, 2.05) is 23.9 Å². The predicted molar refractivity (Wildman–Crippen MR) is 66.6 cm³/mol. The van der Waals surface area contributed by atoms with Crippen molar-refractivity contribution in [2.24, 2.45) is 12.8 Å². The molecule has 0 spiro atoms. The van der Waals surface area contributed by atoms with Crippen LogP contribution in [0.1, 0.15) is 5.56 Å². The first-order valence-electron chi connectivity index (χ1n) is 5.18. The van der Waals surface area contributed by atoms with Gasteiger partial charge in [-0.3, -0.25) is 4.79 Å². The van der Waals surface area contributed by atoms with Gasteiger partial charge in [-0.25, -0.2) is 4.98 Å². The number of carbonyl (C=O) groups excluding carboxylic acids is 1. The van der Waals surface area contributed by atoms with Gasteiger partial charge in [-0.15, -0.1) is 0 Å². The van der Waals surface area contributed by atoms with Gasteiger partial charge >= 0.3 is 0 Å². The van der Waals surface area contributed by atoms with Gasteiger partial charge in [0.1, 0.15) is 5.65 Å². The number of carbonyl (C=O) groups is 1. The molecule has 17 heavy (non-hydrogen) atoms. The third kappa shape index (κ3) is 2.40. The number of hydrogen-bond donors (Lipinski definition) is 2. The van der Waals surface area contributed by atoms with Crippen LogP contribution in [0, 0.1) is 0 Å². The molecule has 2 aromatic rings. The molecule has 0 aliphatic carbocycles. The summed E-state index contributed by atoms with van der Waals surface area (Å²) in [5, 5.41) is 4.22. The van der Waals surface area contributed by atoms with Gasteiger partial charge in [0.25, 0.3) is 0 Å². The van der Waals surface area contributed by atoms with Crippen molar-refractivity contribution in [2.75, 3.05) is 6.54 Å². The number of nitrogens with zero attached hydrogens (tertiary/aromatic N) is 2. The monoisotopic (exact) mass is 252 g/mol. The first-order chi connectivity index (χ1) is 8.11. The van der Waals surface area contributed by atoms with Gasteiger partial charge in [0.05, 0.1) is 11.6 Å². The summed E-state index contributed by atoms with van der Waals surface area (Å²) in [6, 6.07) is 1.92. The Kier molecular flexibility index (Phi) is 3.31. The smallest absolute Gasteiger partial charge is 0.234 e. The molecule has 0 saturated carbocycles. The highest BCUT2D eigenvalue weighted by atomic mass is 35.5. The van der Waals surface area contributed by atoms with E-state index >= 15 is 0 Å². The van der Waals surface area contributed by atoms with E-state index < -0.39 is 0 Å². The molecule has 5 nitrogen and oxygen atoms in total. The fourth-order valence-corrected chi connectivity index (χ4v) is 1.91. The molecule has 0 saturated heterocycles. The molecule has 0 aliphatic heterocycles. The van der Waals surface area contributed by atoms with Crippen molar-refractivity contribution in [3.8, 4) is 0 Å². The molecule has 0 aliphatic rings. The Balaban J connectivity index is 2.25. The maximum absolute atomic E-state index is 11.0. The Bertz CT molecular complexity index is 564. The molecule has 6 heteroatoms. The number of amides is 1. The number of pyridine rings is 1. The molecule has 3 N–H and O–H groups in total. The SMILES string of the molecule is Cn1cc(Cl)c2cc(CNC(=O)CN)cnc21. The molecule has 0 bridgehead atoms. The normalized spacial score (nSPS) is 10.8. The van der Waals surface area contributed by atoms with Crippen molar-refractivity contribution in [3.63, 3.8) is 0 Å². The maximum atomic E-state index is 11.0. The van der Waals surface area contributed by atoms with E-state index in [0.29, 0.717) is 11.6 Å². The van der Waals surface area contributed by atoms with Gasteiger partial charge in [0.2, 0.25) is 5.91 Å². The Hall–Kier alpha value is -1.59. The van der Waals surface area contributed by atoms with E-state index in [1.165, 1.54) is 0 Å². The van der Waals surface area contributed by atoms with E-state index in [4.69, 9.17) is 17.3 Å². The van der Waals surface area contributed by atoms with Crippen molar-refractivity contribution in [1.29, 1.82) is 0 Å². The molecular formula is C11H13ClN4O. The third-order valence-corrected chi connectivity index (χ3v) is 2.80. The zero-order chi connectivity index (χ0) is 12.4. The third-order valence-electron chi connectivity index (χ3n) is 2.50. The lowest BCUT2D eigenvalue weighted by atomic mass is 10.2. The molecule has 0 atom stereocenters. The minimum Gasteiger partial charge on any atom is -0.351 e. The maximum Gasteiger partial charge on any atom is 0.234 e. The molecule has 2 heterocycles. The van der Waals surface area contributed by atoms with Crippen LogP contribution in [-0.4, -0.2) is 22.0 Å². The van der Waals surface area contributed by atoms with Crippen molar-refractivity contribution in [2.45, 2.75) is 6.54 Å². The predicted octanol–water partition coefficient (Wildman–Crippen LogP) is 0.802. The average molecular weight is 253 g/mol. The fourth-order valence-electron chi connectivity index (χ4n) is 1.63. The van der Waals surface area contributed by atoms with Gasteiger partial charge in [-0.05, 0) is 11.6 Å². The number of halogens is 1. The lowest BCUT2D eigenvalue weighted by Crippen LogP contribution is -2.29. The molecule has 0 radical (unpaired) electrons. The van der Waals surface area contributed by atoms with Crippen LogP contribution < -0.4 is 11.1 Å². The van der Waals surface area contributed by atoms with Crippen LogP contribution in [0.15, 0.2) is 18.5 Å². The van der Waals surface area contributed by atoms with Crippen LogP contribution >= 0.6 is 11.6 Å². The van der Waals surface area contributed by atoms with E-state index in [0.717, 1.165) is 16.6 Å². The summed E-state index contributed by atoms with van der Waals surface area (Å²) >= 11 is 6.07. The quantitative estimate of drug-likeness (QED) is 0.849. The van der Waals surface area contributed by atoms with Crippen molar-refractivity contribution < 1.29 is 4.79 Å². The van der Waals surface area contributed by atoms with E-state index in [2.05, 4.69) is 10.3 Å². The Morgan fingerprint density at radius 2 is 2.41 bits per heavy atom. The number of fused-ring (bicyclic) bond motifs is 1. The topological polar surface area (TPSA) is 72.9 Å². The molecule has 2 rings (SSSR count). The van der Waals surface area contributed by atoms with E-state index in [-0.39, 0.29) is 12.5 Å². The number of aromatic nitrogens is 2. The highest BCUT2D eigenvalue weighted by molar-refractivity contribution is 6.35. The summed E-state index contributed by atoms with van der Waals surface area (Å²) < 4.78 is 1.86. The van der Waals surface area contributed by atoms with Gasteiger partial charge in [-0.2, -0.15) is 0 Å². The number of aryl methyl sites for hydroxylation is 1. The van der Waals surface area contributed by atoms with Crippen LogP contribution in [0.3, 0.4) is 0 Å². The minimum absolute atomic E-state index is 0.0121. The number of rotatable bonds is 3. The van der Waals surface area contributed by atoms with E-state index in [9.17, 15) is 4.79 Å². The largest absolute Gasteiger partial charge is 0.351 e. The van der Waals surface area contributed by atoms with Crippen molar-refractivity contribution in [3.05, 3.63) is 29.0 Å². The van der Waals surface area contributed by atoms with Gasteiger partial charge < -0.3 is 15.6 Å². The molecule has 90 valence electrons. The molecule has 0 unspecified atom stereocenters. The average Bonchev–Trinajstić information content (AvgIpc) is 2.62. The van der Waals surface area contributed by atoms with Crippen LogP contribution in [0.2, 0.25) is 5.02 Å². The summed E-state index contributed by atoms with van der Waals surface area (Å²) in [7, 11) is 1.89. The lowest BCUT2D eigenvalue weighted by molar-refractivity contribution is -0.119. The summed E-state index contributed by atoms with van der Waals surface area (Å²) in [6.45, 7) is 0.395. The van der Waals surface area contributed by atoms with Crippen LogP contribution in [0.25, 0.3) is 11.0 Å². The molecule has 0 fully saturated rings. The lowest BCUT2D eigenvalue weighted by Gasteiger charge is -2.04. The van der Waals surface area contributed by atoms with Crippen molar-refractivity contribution >= 4 is 28.5 Å². The van der Waals surface area contributed by atoms with Crippen LogP contribution in [0.5, 0.6) is 0 Å². The zero-order valence-corrected chi connectivity index (χ0v) is 10.2. The molecule has 2 aromatic heterocycles. The highest BCUT2D eigenvalue weighted by Gasteiger charge is 2.07. The second-order valence-corrected chi connectivity index (χ2v) is 4.19. The van der Waals surface area contributed by atoms with Crippen LogP contribution in [0.4, 0.5) is 0 Å². The van der Waals surface area contributed by atoms with Gasteiger partial charge in [0.15, 0.2) is 0 Å². The van der Waals surface area contributed by atoms with E-state index in [1.54, 1.807) is 6.20 Å². The molecule has 0 aromatic carbocycles. The van der Waals surface area contributed by atoms with Gasteiger partial charge in [-0.1, -0.05) is 11.6 Å². The Morgan fingerprint density at radius 3 is 3.12 bits per heavy atom. The number of nitrogens with two attached hydrogens (primary N) is 1. The summed E-state index contributed by atoms with van der Waals surface area (Å²) in [5.41, 5.74) is 6.92. The standard InChI is InChI=1S/C11H13ClN4O/c1-16-6-9(12)8-2-7(5-15-11(8)16)4-14-10(17)3-13/h2,5-6H,3-4,13H2,1H3,(H,14,17). The van der Waals surface area contributed by atoms with Crippen molar-refractivity contribution in [1.82, 2.24) is 14.9 Å². The first-order valence-corrected chi connectivity index (χ1v) is 5.56. The summed E-state index contributed by atoms with van der Waals surface area (Å²) in [4.78, 5) is 15.3. The zero-order valence-electron chi connectivity index (χ0n) is 9.40. The summed E-state index contributed by atoms with van der Waals surface area (Å²) in [5.74, 6) is -0.191. The molecular weight excluding hydrogens is 240 g/mol. The number of nitrogens with one attached hydrogen (secondary N) is 1. The Labute approximate surface area is 104 Å². The second kappa shape index (κ2) is 4.73. The van der Waals surface area contributed by atoms with Gasteiger partial charge in [0, 0.05) is 31.4 Å². The minimum atomic E-state index is -0.191. The molecule has 1 amide bonds. The van der Waals surface area contributed by atoms with Crippen LogP contribution in [-0.2, 0) is 18.4 Å². The second-order valence-electron chi connectivity index (χ2n) is 3.78. The fraction of sp³-hybridized carbons (Fsp3) is 0.273. The first kappa shape index (κ1) is 11.9. The highest BCUT2D eigenvalue weighted by Crippen LogP contribution is 2.24.